The van der Waals surface area contributed by atoms with Crippen molar-refractivity contribution < 1.29 is 28.6 Å². The van der Waals surface area contributed by atoms with Crippen LogP contribution in [0.2, 0.25) is 0 Å². The first-order valence-electron chi connectivity index (χ1n) is 11.8. The van der Waals surface area contributed by atoms with Gasteiger partial charge >= 0.3 is 5.97 Å². The fourth-order valence-corrected chi connectivity index (χ4v) is 4.55. The number of hydrogen-bond donors (Lipinski definition) is 2. The van der Waals surface area contributed by atoms with Gasteiger partial charge in [-0.3, -0.25) is 19.7 Å². The lowest BCUT2D eigenvalue weighted by molar-refractivity contribution is -0.150. The molecule has 0 saturated carbocycles. The molecule has 9 nitrogen and oxygen atoms in total. The second-order valence-corrected chi connectivity index (χ2v) is 10.2. The number of benzene rings is 1. The van der Waals surface area contributed by atoms with Crippen molar-refractivity contribution in [1.82, 2.24) is 15.5 Å². The molecule has 2 atom stereocenters. The molecule has 2 amide bonds. The summed E-state index contributed by atoms with van der Waals surface area (Å²) in [5.74, 6) is -0.0934. The minimum Gasteiger partial charge on any atom is -0.492 e. The highest BCUT2D eigenvalue weighted by atomic mass is 79.9. The van der Waals surface area contributed by atoms with Crippen LogP contribution in [0.4, 0.5) is 0 Å². The number of carbonyl (C=O) groups is 3. The summed E-state index contributed by atoms with van der Waals surface area (Å²) in [7, 11) is 0. The van der Waals surface area contributed by atoms with E-state index in [0.29, 0.717) is 48.0 Å². The van der Waals surface area contributed by atoms with Crippen molar-refractivity contribution in [3.63, 3.8) is 0 Å². The summed E-state index contributed by atoms with van der Waals surface area (Å²) in [6.07, 6.45) is 2.44. The number of hydrogen-bond acceptors (Lipinski definition) is 7. The maximum atomic E-state index is 12.8. The topological polar surface area (TPSA) is 106 Å². The van der Waals surface area contributed by atoms with Gasteiger partial charge in [0.05, 0.1) is 23.6 Å². The van der Waals surface area contributed by atoms with Gasteiger partial charge in [0.25, 0.3) is 5.91 Å². The highest BCUT2D eigenvalue weighted by molar-refractivity contribution is 9.10. The van der Waals surface area contributed by atoms with Crippen LogP contribution < -0.4 is 15.4 Å². The minimum atomic E-state index is -0.864. The van der Waals surface area contributed by atoms with Gasteiger partial charge in [-0.05, 0) is 71.5 Å². The van der Waals surface area contributed by atoms with Crippen LogP contribution in [0.1, 0.15) is 49.9 Å². The van der Waals surface area contributed by atoms with E-state index in [0.717, 1.165) is 19.3 Å². The quantitative estimate of drug-likeness (QED) is 0.345. The number of ether oxygens (including phenoxy) is 3. The second kappa shape index (κ2) is 13.2. The molecule has 2 aliphatic heterocycles. The molecule has 35 heavy (non-hydrogen) atoms. The van der Waals surface area contributed by atoms with Gasteiger partial charge in [-0.15, -0.1) is 0 Å². The smallest absolute Gasteiger partial charge is 0.308 e. The summed E-state index contributed by atoms with van der Waals surface area (Å²) in [5, 5.41) is 5.49. The summed E-state index contributed by atoms with van der Waals surface area (Å²) >= 11 is 8.88. The molecule has 0 aromatic heterocycles. The number of rotatable bonds is 9. The lowest BCUT2D eigenvalue weighted by atomic mass is 10.1. The first kappa shape index (κ1) is 27.3. The molecule has 3 rings (SSSR count). The molecule has 0 spiro atoms. The minimum absolute atomic E-state index is 0.0789. The van der Waals surface area contributed by atoms with Gasteiger partial charge in [-0.25, -0.2) is 0 Å². The van der Waals surface area contributed by atoms with E-state index in [1.807, 2.05) is 0 Å². The molecule has 2 N–H and O–H groups in total. The fraction of sp³-hybridized carbons (Fsp3) is 0.583. The number of halogens is 1. The largest absolute Gasteiger partial charge is 0.492 e. The molecule has 11 heteroatoms. The monoisotopic (exact) mass is 569 g/mol. The number of nitrogens with one attached hydrogen (secondary N) is 2. The number of amides is 2. The van der Waals surface area contributed by atoms with Crippen molar-refractivity contribution in [2.24, 2.45) is 5.92 Å². The Balaban J connectivity index is 1.56. The lowest BCUT2D eigenvalue weighted by Gasteiger charge is -2.36. The van der Waals surface area contributed by atoms with Gasteiger partial charge < -0.3 is 24.4 Å². The molecule has 2 saturated heterocycles. The molecule has 1 aromatic carbocycles. The van der Waals surface area contributed by atoms with E-state index >= 15 is 0 Å². The normalized spacial score (nSPS) is 19.9. The highest BCUT2D eigenvalue weighted by Crippen LogP contribution is 2.26. The average Bonchev–Trinajstić information content (AvgIpc) is 3.33. The van der Waals surface area contributed by atoms with Gasteiger partial charge in [-0.2, -0.15) is 0 Å². The molecular formula is C24H32BrN3O6S. The van der Waals surface area contributed by atoms with Crippen LogP contribution in [-0.2, 0) is 19.1 Å². The van der Waals surface area contributed by atoms with Crippen molar-refractivity contribution in [3.05, 3.63) is 28.2 Å². The van der Waals surface area contributed by atoms with Crippen molar-refractivity contribution in [2.75, 3.05) is 32.9 Å². The summed E-state index contributed by atoms with van der Waals surface area (Å²) in [5.41, 5.74) is 0.379. The molecule has 0 radical (unpaired) electrons. The molecule has 0 bridgehead atoms. The second-order valence-electron chi connectivity index (χ2n) is 8.96. The molecule has 2 unspecified atom stereocenters. The average molecular weight is 571 g/mol. The van der Waals surface area contributed by atoms with Gasteiger partial charge in [0.15, 0.2) is 5.11 Å². The zero-order valence-electron chi connectivity index (χ0n) is 20.0. The van der Waals surface area contributed by atoms with Crippen molar-refractivity contribution in [3.8, 4) is 5.75 Å². The van der Waals surface area contributed by atoms with E-state index in [2.05, 4.69) is 40.4 Å². The van der Waals surface area contributed by atoms with E-state index in [-0.39, 0.29) is 30.2 Å². The summed E-state index contributed by atoms with van der Waals surface area (Å²) < 4.78 is 17.2. The first-order valence-corrected chi connectivity index (χ1v) is 13.0. The van der Waals surface area contributed by atoms with Gasteiger partial charge in [0.1, 0.15) is 18.4 Å². The van der Waals surface area contributed by atoms with Crippen LogP contribution in [-0.4, -0.2) is 72.9 Å². The molecule has 2 heterocycles. The zero-order chi connectivity index (χ0) is 25.4. The van der Waals surface area contributed by atoms with E-state index in [1.165, 1.54) is 0 Å². The van der Waals surface area contributed by atoms with Crippen LogP contribution >= 0.6 is 28.1 Å². The molecule has 1 aromatic rings. The van der Waals surface area contributed by atoms with Crippen LogP contribution in [0.25, 0.3) is 0 Å². The Morgan fingerprint density at radius 2 is 2.17 bits per heavy atom. The summed E-state index contributed by atoms with van der Waals surface area (Å²) in [6.45, 7) is 6.38. The Labute approximate surface area is 219 Å². The van der Waals surface area contributed by atoms with Crippen LogP contribution in [0.5, 0.6) is 5.75 Å². The first-order chi connectivity index (χ1) is 16.7. The van der Waals surface area contributed by atoms with E-state index < -0.39 is 17.9 Å². The molecule has 2 aliphatic rings. The Morgan fingerprint density at radius 3 is 2.86 bits per heavy atom. The standard InChI is InChI=1S/C24H32BrN3O6S/c1-15(2)7-11-33-20-6-5-16(12-18(20)25)22(30)27-24(35)28-9-8-26-23(31)19(28)13-21(29)34-14-17-4-3-10-32-17/h5-6,12,15,17,19H,3-4,7-11,13-14H2,1-2H3,(H,26,31)(H,27,30,35). The predicted octanol–water partition coefficient (Wildman–Crippen LogP) is 2.80. The number of piperazine rings is 1. The Hall–Kier alpha value is -2.24. The third kappa shape index (κ3) is 8.15. The SMILES string of the molecule is CC(C)CCOc1ccc(C(=O)NC(=S)N2CCNC(=O)C2CC(=O)OCC2CCCO2)cc1Br. The number of esters is 1. The maximum absolute atomic E-state index is 12.8. The highest BCUT2D eigenvalue weighted by Gasteiger charge is 2.34. The predicted molar refractivity (Wildman–Crippen MR) is 137 cm³/mol. The Kier molecular flexibility index (Phi) is 10.3. The van der Waals surface area contributed by atoms with Crippen molar-refractivity contribution in [2.45, 2.75) is 51.7 Å². The van der Waals surface area contributed by atoms with E-state index in [4.69, 9.17) is 26.4 Å². The molecular weight excluding hydrogens is 538 g/mol. The van der Waals surface area contributed by atoms with Crippen molar-refractivity contribution in [1.29, 1.82) is 0 Å². The van der Waals surface area contributed by atoms with Crippen LogP contribution in [0, 0.1) is 5.92 Å². The number of nitrogens with zero attached hydrogens (tertiary/aromatic N) is 1. The Bertz CT molecular complexity index is 938. The van der Waals surface area contributed by atoms with Gasteiger partial charge in [0, 0.05) is 25.3 Å². The number of thiocarbonyl (C=S) groups is 1. The molecule has 2 fully saturated rings. The van der Waals surface area contributed by atoms with Crippen molar-refractivity contribution >= 4 is 51.0 Å². The number of carbonyl (C=O) groups excluding carboxylic acids is 3. The lowest BCUT2D eigenvalue weighted by Crippen LogP contribution is -2.60. The van der Waals surface area contributed by atoms with E-state index in [1.54, 1.807) is 23.1 Å². The van der Waals surface area contributed by atoms with Crippen LogP contribution in [0.3, 0.4) is 0 Å². The van der Waals surface area contributed by atoms with Gasteiger partial charge in [0.2, 0.25) is 5.91 Å². The summed E-state index contributed by atoms with van der Waals surface area (Å²) in [4.78, 5) is 39.3. The molecule has 0 aliphatic carbocycles. The third-order valence-electron chi connectivity index (χ3n) is 5.77. The maximum Gasteiger partial charge on any atom is 0.308 e. The molecule has 192 valence electrons. The van der Waals surface area contributed by atoms with Gasteiger partial charge in [-0.1, -0.05) is 13.8 Å². The van der Waals surface area contributed by atoms with E-state index in [9.17, 15) is 14.4 Å². The summed E-state index contributed by atoms with van der Waals surface area (Å²) in [6, 6.07) is 4.17. The zero-order valence-corrected chi connectivity index (χ0v) is 22.4. The third-order valence-corrected chi connectivity index (χ3v) is 6.73. The Morgan fingerprint density at radius 1 is 1.37 bits per heavy atom. The van der Waals surface area contributed by atoms with Crippen LogP contribution in [0.15, 0.2) is 22.7 Å². The fourth-order valence-electron chi connectivity index (χ4n) is 3.74.